The van der Waals surface area contributed by atoms with Crippen molar-refractivity contribution in [2.45, 2.75) is 119 Å². The molecule has 0 unspecified atom stereocenters. The number of rotatable bonds is 8. The molecule has 6 heteroatoms. The quantitative estimate of drug-likeness (QED) is 0.154. The maximum atomic E-state index is 13.1. The van der Waals surface area contributed by atoms with Crippen molar-refractivity contribution < 1.29 is 5.11 Å². The fraction of sp³-hybridized carbons (Fsp3) is 0.257. The van der Waals surface area contributed by atoms with Crippen molar-refractivity contribution in [2.75, 3.05) is 4.81 Å². The number of aryl methyl sites for hydroxylation is 2. The van der Waals surface area contributed by atoms with Gasteiger partial charge < -0.3 is 9.92 Å². The van der Waals surface area contributed by atoms with E-state index in [0.717, 1.165) is 77.7 Å². The van der Waals surface area contributed by atoms with Gasteiger partial charge in [0.05, 0.1) is 27.6 Å². The van der Waals surface area contributed by atoms with Crippen LogP contribution in [0.15, 0.2) is 176 Å². The standard InChI is InChI=1S/C70H73BN4O/c1-45-25-24-26-46(2)62(45)71-63(51-37-50(38-53(39-51)68(6,7)8)59-40-49(35-36-72-59)47-27-18-15-19-28-47)64-61(44-74(71)55-31-22-17-23-32-55)75(60-34-33-52(67(3,4)5)41-56(60)48-29-20-16-21-30-48)66(73-64)57-42-54(69(9,10)11)43-58(65(57)76)70(12,13)14/h15-44,76H,1-14H3. The van der Waals surface area contributed by atoms with E-state index in [-0.39, 0.29) is 34.3 Å². The van der Waals surface area contributed by atoms with Crippen molar-refractivity contribution in [3.05, 3.63) is 226 Å². The van der Waals surface area contributed by atoms with E-state index in [0.29, 0.717) is 11.4 Å². The fourth-order valence-electron chi connectivity index (χ4n) is 10.9. The Morgan fingerprint density at radius 2 is 1.04 bits per heavy atom. The van der Waals surface area contributed by atoms with Gasteiger partial charge in [-0.05, 0) is 140 Å². The molecule has 0 radical (unpaired) electrons. The van der Waals surface area contributed by atoms with Crippen LogP contribution in [0.5, 0.6) is 5.75 Å². The van der Waals surface area contributed by atoms with Crippen molar-refractivity contribution >= 4 is 29.7 Å². The Morgan fingerprint density at radius 1 is 0.474 bits per heavy atom. The van der Waals surface area contributed by atoms with Gasteiger partial charge in [-0.3, -0.25) is 9.55 Å². The summed E-state index contributed by atoms with van der Waals surface area (Å²) in [4.78, 5) is 13.7. The first kappa shape index (κ1) is 51.8. The summed E-state index contributed by atoms with van der Waals surface area (Å²) in [6.07, 6.45) is 4.27. The van der Waals surface area contributed by atoms with Gasteiger partial charge in [-0.2, -0.15) is 0 Å². The number of phenolic OH excluding ortho intramolecular Hbond substituents is 1. The first-order valence-corrected chi connectivity index (χ1v) is 27.0. The molecule has 0 fully saturated rings. The van der Waals surface area contributed by atoms with Gasteiger partial charge >= 0.3 is 6.85 Å². The number of para-hydroxylation sites is 1. The Labute approximate surface area is 452 Å². The summed E-state index contributed by atoms with van der Waals surface area (Å²) >= 11 is 0. The monoisotopic (exact) mass is 997 g/mol. The highest BCUT2D eigenvalue weighted by molar-refractivity contribution is 6.94. The van der Waals surface area contributed by atoms with E-state index >= 15 is 0 Å². The average molecular weight is 997 g/mol. The van der Waals surface area contributed by atoms with Crippen molar-refractivity contribution in [3.63, 3.8) is 0 Å². The molecule has 3 heterocycles. The van der Waals surface area contributed by atoms with E-state index in [1.165, 1.54) is 27.7 Å². The highest BCUT2D eigenvalue weighted by atomic mass is 16.3. The van der Waals surface area contributed by atoms with Gasteiger partial charge in [0.25, 0.3) is 0 Å². The van der Waals surface area contributed by atoms with Gasteiger partial charge in [0.15, 0.2) is 0 Å². The lowest BCUT2D eigenvalue weighted by atomic mass is 9.44. The summed E-state index contributed by atoms with van der Waals surface area (Å²) in [5.41, 5.74) is 18.3. The van der Waals surface area contributed by atoms with Gasteiger partial charge in [0.1, 0.15) is 11.6 Å². The predicted octanol–water partition coefficient (Wildman–Crippen LogP) is 15.3. The Bertz CT molecular complexity index is 3750. The summed E-state index contributed by atoms with van der Waals surface area (Å²) in [6, 6.07) is 61.5. The third kappa shape index (κ3) is 9.87. The van der Waals surface area contributed by atoms with Crippen LogP contribution < -0.4 is 21.0 Å². The summed E-state index contributed by atoms with van der Waals surface area (Å²) < 4.78 is 2.36. The summed E-state index contributed by atoms with van der Waals surface area (Å²) in [6.45, 7) is 31.2. The predicted molar refractivity (Wildman–Crippen MR) is 322 cm³/mol. The molecule has 5 nitrogen and oxygen atoms in total. The van der Waals surface area contributed by atoms with Gasteiger partial charge in [0, 0.05) is 34.8 Å². The average Bonchev–Trinajstić information content (AvgIpc) is 3.90. The van der Waals surface area contributed by atoms with E-state index in [2.05, 4.69) is 282 Å². The number of anilines is 1. The molecule has 2 aromatic heterocycles. The maximum Gasteiger partial charge on any atom is 0.331 e. The Morgan fingerprint density at radius 3 is 1.64 bits per heavy atom. The van der Waals surface area contributed by atoms with Gasteiger partial charge in [0.2, 0.25) is 0 Å². The molecule has 1 aliphatic heterocycles. The molecule has 0 saturated heterocycles. The number of fused-ring (bicyclic) bond motifs is 1. The van der Waals surface area contributed by atoms with Crippen LogP contribution in [0.4, 0.5) is 5.69 Å². The highest BCUT2D eigenvalue weighted by Crippen LogP contribution is 2.44. The normalized spacial score (nSPS) is 13.2. The maximum absolute atomic E-state index is 13.1. The number of hydrogen-bond donors (Lipinski definition) is 1. The van der Waals surface area contributed by atoms with E-state index in [4.69, 9.17) is 9.97 Å². The van der Waals surface area contributed by atoms with Gasteiger partial charge in [-0.25, -0.2) is 4.98 Å². The zero-order valence-electron chi connectivity index (χ0n) is 47.1. The van der Waals surface area contributed by atoms with Crippen molar-refractivity contribution in [1.82, 2.24) is 14.5 Å². The second-order valence-electron chi connectivity index (χ2n) is 25.1. The highest BCUT2D eigenvalue weighted by Gasteiger charge is 2.39. The molecule has 76 heavy (non-hydrogen) atoms. The van der Waals surface area contributed by atoms with E-state index in [9.17, 15) is 5.11 Å². The lowest BCUT2D eigenvalue weighted by molar-refractivity contribution is 0.446. The number of aromatic hydroxyl groups is 1. The molecular weight excluding hydrogens is 924 g/mol. The molecule has 0 bridgehead atoms. The van der Waals surface area contributed by atoms with Crippen LogP contribution in [0.25, 0.3) is 62.3 Å². The minimum Gasteiger partial charge on any atom is -0.507 e. The van der Waals surface area contributed by atoms with Crippen molar-refractivity contribution in [3.8, 4) is 56.3 Å². The Balaban J connectivity index is 1.45. The van der Waals surface area contributed by atoms with E-state index in [1.807, 2.05) is 6.20 Å². The van der Waals surface area contributed by atoms with Crippen LogP contribution in [0.2, 0.25) is 0 Å². The lowest BCUT2D eigenvalue weighted by Crippen LogP contribution is -2.57. The zero-order valence-corrected chi connectivity index (χ0v) is 47.1. The smallest absolute Gasteiger partial charge is 0.331 e. The topological polar surface area (TPSA) is 54.2 Å². The van der Waals surface area contributed by atoms with Crippen molar-refractivity contribution in [2.24, 2.45) is 0 Å². The number of nitrogens with zero attached hydrogens (tertiary/aromatic N) is 4. The van der Waals surface area contributed by atoms with E-state index < -0.39 is 0 Å². The molecule has 0 spiro atoms. The number of hydrogen-bond acceptors (Lipinski definition) is 4. The number of imidazole rings is 1. The molecule has 0 atom stereocenters. The van der Waals surface area contributed by atoms with E-state index in [1.54, 1.807) is 0 Å². The molecule has 9 aromatic rings. The molecule has 1 N–H and O–H groups in total. The Kier molecular flexibility index (Phi) is 13.3. The zero-order chi connectivity index (χ0) is 54.1. The second kappa shape index (κ2) is 19.5. The molecular formula is C70H73BN4O. The second-order valence-corrected chi connectivity index (χ2v) is 25.1. The summed E-state index contributed by atoms with van der Waals surface area (Å²) in [5.74, 6) is 0.916. The van der Waals surface area contributed by atoms with Crippen LogP contribution >= 0.6 is 0 Å². The van der Waals surface area contributed by atoms with Crippen LogP contribution in [0.1, 0.15) is 122 Å². The Hall–Kier alpha value is -7.70. The first-order valence-electron chi connectivity index (χ1n) is 27.0. The minimum absolute atomic E-state index is 0.124. The summed E-state index contributed by atoms with van der Waals surface area (Å²) in [7, 11) is 0. The molecule has 0 saturated carbocycles. The molecule has 7 aromatic carbocycles. The summed E-state index contributed by atoms with van der Waals surface area (Å²) in [5, 5.41) is 14.8. The van der Waals surface area contributed by atoms with Gasteiger partial charge in [-0.1, -0.05) is 209 Å². The van der Waals surface area contributed by atoms with Gasteiger partial charge in [-0.15, -0.1) is 0 Å². The minimum atomic E-state index is -0.378. The lowest BCUT2D eigenvalue weighted by Gasteiger charge is -2.35. The van der Waals surface area contributed by atoms with Crippen LogP contribution in [0, 0.1) is 13.8 Å². The molecule has 0 amide bonds. The SMILES string of the molecule is Cc1cccc(C)c1B1C(c2cc(-c3cc(-c4ccccc4)ccn3)cc(C(C)(C)C)c2)=c2nc(-c3cc(C(C)(C)C)cc(C(C)(C)C)c3O)n(-c3ccc(C(C)(C)C)cc3-c3ccccc3)c2=CN1c1ccccc1. The largest absolute Gasteiger partial charge is 0.507 e. The van der Waals surface area contributed by atoms with Crippen LogP contribution in [-0.2, 0) is 21.7 Å². The molecule has 382 valence electrons. The first-order chi connectivity index (χ1) is 36.0. The molecule has 0 aliphatic carbocycles. The third-order valence-electron chi connectivity index (χ3n) is 15.3. The van der Waals surface area contributed by atoms with Crippen LogP contribution in [0.3, 0.4) is 0 Å². The van der Waals surface area contributed by atoms with Crippen molar-refractivity contribution in [1.29, 1.82) is 0 Å². The number of aromatic nitrogens is 3. The number of pyridine rings is 1. The fourth-order valence-corrected chi connectivity index (χ4v) is 10.9. The third-order valence-corrected chi connectivity index (χ3v) is 15.3. The number of benzene rings is 7. The molecule has 1 aliphatic rings. The molecule has 10 rings (SSSR count). The van der Waals surface area contributed by atoms with Crippen LogP contribution in [-0.4, -0.2) is 26.5 Å². The number of phenols is 1.